The zero-order valence-electron chi connectivity index (χ0n) is 8.54. The van der Waals surface area contributed by atoms with Crippen molar-refractivity contribution in [2.45, 2.75) is 30.5 Å². The first kappa shape index (κ1) is 15.9. The van der Waals surface area contributed by atoms with Gasteiger partial charge in [-0.15, -0.1) is 0 Å². The molecule has 9 heteroatoms. The summed E-state index contributed by atoms with van der Waals surface area (Å²) in [5.41, 5.74) is 0. The molecule has 0 aliphatic carbocycles. The molecule has 0 spiro atoms. The van der Waals surface area contributed by atoms with Gasteiger partial charge in [-0.25, -0.2) is 4.79 Å². The molecule has 0 saturated heterocycles. The molecule has 17 heavy (non-hydrogen) atoms. The van der Waals surface area contributed by atoms with Crippen LogP contribution in [-0.4, -0.2) is 84.6 Å². The van der Waals surface area contributed by atoms with Gasteiger partial charge in [0.25, 0.3) is 0 Å². The van der Waals surface area contributed by atoms with Gasteiger partial charge in [0.1, 0.15) is 31.0 Å². The van der Waals surface area contributed by atoms with E-state index in [4.69, 9.17) is 25.5 Å². The summed E-state index contributed by atoms with van der Waals surface area (Å²) in [6.45, 7) is -1.11. The molecule has 0 aromatic carbocycles. The first-order valence-electron chi connectivity index (χ1n) is 4.50. The Morgan fingerprint density at radius 1 is 0.824 bits per heavy atom. The smallest absolute Gasteiger partial charge is 0.335 e. The number of aliphatic carboxylic acids is 1. The summed E-state index contributed by atoms with van der Waals surface area (Å²) in [7, 11) is 0. The lowest BCUT2D eigenvalue weighted by Crippen LogP contribution is -2.53. The molecule has 100 valence electrons. The van der Waals surface area contributed by atoms with Gasteiger partial charge in [-0.2, -0.15) is 0 Å². The lowest BCUT2D eigenvalue weighted by molar-refractivity contribution is -0.170. The highest BCUT2D eigenvalue weighted by Gasteiger charge is 2.39. The van der Waals surface area contributed by atoms with E-state index < -0.39 is 48.9 Å². The standard InChI is InChI=1S/C8H14O9/c9-1-2(10)3(11)4(12)5(13)6(14)7(15)8(16)17/h3-7,9,11-15H,1H2,(H,16,17)/t3-,4+,5+,6-,7-/m1/s1. The topological polar surface area (TPSA) is 176 Å². The Hall–Kier alpha value is -1.10. The van der Waals surface area contributed by atoms with E-state index in [0.717, 1.165) is 0 Å². The van der Waals surface area contributed by atoms with Gasteiger partial charge in [0.05, 0.1) is 0 Å². The highest BCUT2D eigenvalue weighted by Crippen LogP contribution is 2.09. The molecule has 0 rings (SSSR count). The molecule has 0 bridgehead atoms. The fourth-order valence-corrected chi connectivity index (χ4v) is 1.01. The summed E-state index contributed by atoms with van der Waals surface area (Å²) < 4.78 is 0. The van der Waals surface area contributed by atoms with Crippen molar-refractivity contribution in [3.05, 3.63) is 0 Å². The van der Waals surface area contributed by atoms with Crippen molar-refractivity contribution in [1.82, 2.24) is 0 Å². The maximum absolute atomic E-state index is 10.8. The number of carboxylic acid groups (broad SMARTS) is 1. The second kappa shape index (κ2) is 6.59. The Labute approximate surface area is 95.2 Å². The molecule has 7 N–H and O–H groups in total. The van der Waals surface area contributed by atoms with Gasteiger partial charge in [0.2, 0.25) is 0 Å². The highest BCUT2D eigenvalue weighted by atomic mass is 16.4. The first-order valence-corrected chi connectivity index (χ1v) is 4.50. The summed E-state index contributed by atoms with van der Waals surface area (Å²) in [6, 6.07) is 0. The summed E-state index contributed by atoms with van der Waals surface area (Å²) >= 11 is 0. The maximum Gasteiger partial charge on any atom is 0.335 e. The fraction of sp³-hybridized carbons (Fsp3) is 0.750. The van der Waals surface area contributed by atoms with E-state index in [1.54, 1.807) is 0 Å². The second-order valence-corrected chi connectivity index (χ2v) is 3.32. The highest BCUT2D eigenvalue weighted by molar-refractivity contribution is 5.84. The normalized spacial score (nSPS) is 20.1. The van der Waals surface area contributed by atoms with Gasteiger partial charge < -0.3 is 35.7 Å². The molecule has 0 aliphatic heterocycles. The number of hydrogen-bond acceptors (Lipinski definition) is 8. The second-order valence-electron chi connectivity index (χ2n) is 3.32. The number of Topliss-reactive ketones (excluding diaryl/α,β-unsaturated/α-hetero) is 1. The van der Waals surface area contributed by atoms with Gasteiger partial charge in [0.15, 0.2) is 11.9 Å². The number of carbonyl (C=O) groups is 2. The predicted octanol–water partition coefficient (Wildman–Crippen LogP) is -4.56. The Balaban J connectivity index is 4.63. The summed E-state index contributed by atoms with van der Waals surface area (Å²) in [4.78, 5) is 21.0. The van der Waals surface area contributed by atoms with Crippen LogP contribution in [0.3, 0.4) is 0 Å². The minimum Gasteiger partial charge on any atom is -0.479 e. The van der Waals surface area contributed by atoms with Gasteiger partial charge >= 0.3 is 5.97 Å². The third-order valence-electron chi connectivity index (χ3n) is 2.09. The molecule has 0 radical (unpaired) electrons. The van der Waals surface area contributed by atoms with Crippen molar-refractivity contribution in [3.8, 4) is 0 Å². The van der Waals surface area contributed by atoms with Crippen LogP contribution >= 0.6 is 0 Å². The van der Waals surface area contributed by atoms with Crippen molar-refractivity contribution in [1.29, 1.82) is 0 Å². The molecule has 0 aromatic heterocycles. The molecule has 0 aromatic rings. The third kappa shape index (κ3) is 4.00. The number of carboxylic acids is 1. The Kier molecular flexibility index (Phi) is 6.16. The zero-order chi connectivity index (χ0) is 13.7. The number of ketones is 1. The minimum atomic E-state index is -2.39. The number of hydrogen-bond donors (Lipinski definition) is 7. The fourth-order valence-electron chi connectivity index (χ4n) is 1.01. The average Bonchev–Trinajstić information content (AvgIpc) is 2.32. The van der Waals surface area contributed by atoms with Crippen molar-refractivity contribution in [2.24, 2.45) is 0 Å². The number of rotatable bonds is 7. The van der Waals surface area contributed by atoms with Crippen LogP contribution in [0.25, 0.3) is 0 Å². The van der Waals surface area contributed by atoms with E-state index in [9.17, 15) is 19.8 Å². The van der Waals surface area contributed by atoms with Crippen LogP contribution in [-0.2, 0) is 9.59 Å². The zero-order valence-corrected chi connectivity index (χ0v) is 8.54. The van der Waals surface area contributed by atoms with Gasteiger partial charge in [-0.1, -0.05) is 0 Å². The molecule has 0 aliphatic rings. The van der Waals surface area contributed by atoms with E-state index in [1.165, 1.54) is 0 Å². The van der Waals surface area contributed by atoms with Crippen molar-refractivity contribution in [2.75, 3.05) is 6.61 Å². The molecule has 0 amide bonds. The predicted molar refractivity (Wildman–Crippen MR) is 49.8 cm³/mol. The summed E-state index contributed by atoms with van der Waals surface area (Å²) in [5.74, 6) is -3.08. The van der Waals surface area contributed by atoms with Crippen LogP contribution in [0.5, 0.6) is 0 Å². The van der Waals surface area contributed by atoms with E-state index in [-0.39, 0.29) is 0 Å². The van der Waals surface area contributed by atoms with E-state index >= 15 is 0 Å². The number of aliphatic hydroxyl groups excluding tert-OH is 6. The Morgan fingerprint density at radius 3 is 1.59 bits per heavy atom. The lowest BCUT2D eigenvalue weighted by atomic mass is 9.97. The van der Waals surface area contributed by atoms with Crippen LogP contribution in [0.15, 0.2) is 0 Å². The van der Waals surface area contributed by atoms with Crippen molar-refractivity contribution in [3.63, 3.8) is 0 Å². The molecule has 9 nitrogen and oxygen atoms in total. The van der Waals surface area contributed by atoms with Crippen LogP contribution in [0, 0.1) is 0 Å². The SMILES string of the molecule is O=C(CO)[C@@H](O)[C@H](O)[C@H](O)[C@@H](O)[C@@H](O)C(=O)O. The number of carbonyl (C=O) groups excluding carboxylic acids is 1. The number of aliphatic hydroxyl groups is 6. The molecule has 0 unspecified atom stereocenters. The van der Waals surface area contributed by atoms with E-state index in [0.29, 0.717) is 0 Å². The quantitative estimate of drug-likeness (QED) is 0.236. The van der Waals surface area contributed by atoms with E-state index in [1.807, 2.05) is 0 Å². The Morgan fingerprint density at radius 2 is 1.24 bits per heavy atom. The molecule has 0 saturated carbocycles. The minimum absolute atomic E-state index is 1.11. The Bertz CT molecular complexity index is 278. The first-order chi connectivity index (χ1) is 7.73. The maximum atomic E-state index is 10.8. The molecular formula is C8H14O9. The largest absolute Gasteiger partial charge is 0.479 e. The molecule has 0 fully saturated rings. The van der Waals surface area contributed by atoms with Crippen LogP contribution in [0.2, 0.25) is 0 Å². The molecule has 0 heterocycles. The third-order valence-corrected chi connectivity index (χ3v) is 2.09. The van der Waals surface area contributed by atoms with Gasteiger partial charge in [-0.05, 0) is 0 Å². The van der Waals surface area contributed by atoms with Crippen LogP contribution in [0.1, 0.15) is 0 Å². The van der Waals surface area contributed by atoms with Gasteiger partial charge in [-0.3, -0.25) is 4.79 Å². The molecular weight excluding hydrogens is 240 g/mol. The average molecular weight is 254 g/mol. The summed E-state index contributed by atoms with van der Waals surface area (Å²) in [6.07, 6.45) is -11.4. The molecule has 5 atom stereocenters. The van der Waals surface area contributed by atoms with Crippen LogP contribution < -0.4 is 0 Å². The monoisotopic (exact) mass is 254 g/mol. The van der Waals surface area contributed by atoms with Gasteiger partial charge in [0, 0.05) is 0 Å². The summed E-state index contributed by atoms with van der Waals surface area (Å²) in [5, 5.41) is 62.1. The van der Waals surface area contributed by atoms with Crippen molar-refractivity contribution < 1.29 is 45.3 Å². The van der Waals surface area contributed by atoms with Crippen molar-refractivity contribution >= 4 is 11.8 Å². The van der Waals surface area contributed by atoms with Crippen LogP contribution in [0.4, 0.5) is 0 Å². The lowest BCUT2D eigenvalue weighted by Gasteiger charge is -2.26. The van der Waals surface area contributed by atoms with E-state index in [2.05, 4.69) is 0 Å².